The highest BCUT2D eigenvalue weighted by molar-refractivity contribution is 5.86. The summed E-state index contributed by atoms with van der Waals surface area (Å²) in [6, 6.07) is 0. The quantitative estimate of drug-likeness (QED) is 0.691. The Hall–Kier alpha value is -0.610. The Labute approximate surface area is 97.9 Å². The van der Waals surface area contributed by atoms with Gasteiger partial charge in [0.2, 0.25) is 5.91 Å². The van der Waals surface area contributed by atoms with Gasteiger partial charge < -0.3 is 15.8 Å². The lowest BCUT2D eigenvalue weighted by Gasteiger charge is -2.35. The molecular weight excluding hydrogens is 204 g/mol. The molecule has 0 saturated heterocycles. The van der Waals surface area contributed by atoms with Gasteiger partial charge in [0.25, 0.3) is 0 Å². The van der Waals surface area contributed by atoms with Gasteiger partial charge in [-0.15, -0.1) is 0 Å². The van der Waals surface area contributed by atoms with Crippen LogP contribution in [0.25, 0.3) is 0 Å². The van der Waals surface area contributed by atoms with Crippen LogP contribution < -0.4 is 11.1 Å². The van der Waals surface area contributed by atoms with Crippen molar-refractivity contribution in [1.29, 1.82) is 0 Å². The summed E-state index contributed by atoms with van der Waals surface area (Å²) < 4.78 is 4.93. The lowest BCUT2D eigenvalue weighted by atomic mass is 9.76. The number of methoxy groups -OCH3 is 1. The molecule has 1 rings (SSSR count). The molecule has 1 amide bonds. The maximum atomic E-state index is 12.0. The van der Waals surface area contributed by atoms with Gasteiger partial charge in [0.05, 0.1) is 5.54 Å². The van der Waals surface area contributed by atoms with E-state index in [0.717, 1.165) is 25.7 Å². The molecule has 2 atom stereocenters. The summed E-state index contributed by atoms with van der Waals surface area (Å²) >= 11 is 0. The van der Waals surface area contributed by atoms with Crippen LogP contribution in [0.5, 0.6) is 0 Å². The van der Waals surface area contributed by atoms with Crippen molar-refractivity contribution < 1.29 is 9.53 Å². The van der Waals surface area contributed by atoms with Crippen molar-refractivity contribution in [3.05, 3.63) is 0 Å². The van der Waals surface area contributed by atoms with Gasteiger partial charge in [-0.1, -0.05) is 19.8 Å². The standard InChI is InChI=1S/C12H24N2O2/c1-10-5-3-6-12(13,9-10)11(15)14-7-4-8-16-2/h10H,3-9,13H2,1-2H3,(H,14,15). The number of rotatable bonds is 5. The van der Waals surface area contributed by atoms with E-state index in [1.807, 2.05) is 0 Å². The highest BCUT2D eigenvalue weighted by Gasteiger charge is 2.37. The first-order chi connectivity index (χ1) is 7.58. The number of carbonyl (C=O) groups is 1. The summed E-state index contributed by atoms with van der Waals surface area (Å²) in [5.74, 6) is 0.568. The second-order valence-electron chi connectivity index (χ2n) is 4.96. The van der Waals surface area contributed by atoms with Crippen LogP contribution in [0.2, 0.25) is 0 Å². The average Bonchev–Trinajstić information content (AvgIpc) is 2.23. The van der Waals surface area contributed by atoms with E-state index in [0.29, 0.717) is 19.1 Å². The van der Waals surface area contributed by atoms with Gasteiger partial charge >= 0.3 is 0 Å². The van der Waals surface area contributed by atoms with Gasteiger partial charge in [0.1, 0.15) is 0 Å². The number of hydrogen-bond donors (Lipinski definition) is 2. The van der Waals surface area contributed by atoms with Crippen molar-refractivity contribution >= 4 is 5.91 Å². The first kappa shape index (κ1) is 13.5. The fourth-order valence-electron chi connectivity index (χ4n) is 2.39. The predicted octanol–water partition coefficient (Wildman–Crippen LogP) is 1.05. The van der Waals surface area contributed by atoms with Crippen molar-refractivity contribution in [1.82, 2.24) is 5.32 Å². The fraction of sp³-hybridized carbons (Fsp3) is 0.917. The van der Waals surface area contributed by atoms with Crippen LogP contribution in [0.4, 0.5) is 0 Å². The van der Waals surface area contributed by atoms with E-state index in [4.69, 9.17) is 10.5 Å². The molecule has 16 heavy (non-hydrogen) atoms. The highest BCUT2D eigenvalue weighted by Crippen LogP contribution is 2.30. The Bertz CT molecular complexity index is 233. The Morgan fingerprint density at radius 2 is 2.38 bits per heavy atom. The maximum absolute atomic E-state index is 12.0. The zero-order chi connectivity index (χ0) is 12.0. The molecule has 0 aliphatic heterocycles. The third-order valence-electron chi connectivity index (χ3n) is 3.30. The lowest BCUT2D eigenvalue weighted by Crippen LogP contribution is -2.56. The molecule has 0 bridgehead atoms. The molecule has 3 N–H and O–H groups in total. The van der Waals surface area contributed by atoms with Crippen molar-refractivity contribution in [3.63, 3.8) is 0 Å². The fourth-order valence-corrected chi connectivity index (χ4v) is 2.39. The molecular formula is C12H24N2O2. The number of hydrogen-bond acceptors (Lipinski definition) is 3. The number of ether oxygens (including phenoxy) is 1. The molecule has 0 aromatic carbocycles. The van der Waals surface area contributed by atoms with Crippen LogP contribution in [0.15, 0.2) is 0 Å². The summed E-state index contributed by atoms with van der Waals surface area (Å²) in [4.78, 5) is 12.0. The lowest BCUT2D eigenvalue weighted by molar-refractivity contribution is -0.128. The molecule has 2 unspecified atom stereocenters. The van der Waals surface area contributed by atoms with Crippen LogP contribution in [-0.2, 0) is 9.53 Å². The third-order valence-corrected chi connectivity index (χ3v) is 3.30. The summed E-state index contributed by atoms with van der Waals surface area (Å²) in [5, 5.41) is 2.90. The minimum absolute atomic E-state index is 0.00940. The minimum Gasteiger partial charge on any atom is -0.385 e. The van der Waals surface area contributed by atoms with Crippen molar-refractivity contribution in [2.75, 3.05) is 20.3 Å². The molecule has 4 heteroatoms. The molecule has 0 spiro atoms. The molecule has 0 aromatic heterocycles. The van der Waals surface area contributed by atoms with E-state index >= 15 is 0 Å². The summed E-state index contributed by atoms with van der Waals surface area (Å²) in [6.45, 7) is 3.49. The SMILES string of the molecule is COCCCNC(=O)C1(N)CCCC(C)C1. The topological polar surface area (TPSA) is 64.3 Å². The van der Waals surface area contributed by atoms with E-state index in [1.165, 1.54) is 6.42 Å². The van der Waals surface area contributed by atoms with E-state index in [2.05, 4.69) is 12.2 Å². The van der Waals surface area contributed by atoms with Gasteiger partial charge in [-0.05, 0) is 25.2 Å². The predicted molar refractivity (Wildman–Crippen MR) is 64.1 cm³/mol. The molecule has 1 aliphatic carbocycles. The summed E-state index contributed by atoms with van der Waals surface area (Å²) in [5.41, 5.74) is 5.53. The van der Waals surface area contributed by atoms with Gasteiger partial charge in [0, 0.05) is 20.3 Å². The molecule has 0 heterocycles. The van der Waals surface area contributed by atoms with Crippen LogP contribution in [0.1, 0.15) is 39.0 Å². The van der Waals surface area contributed by atoms with Gasteiger partial charge in [0.15, 0.2) is 0 Å². The van der Waals surface area contributed by atoms with Crippen LogP contribution in [0.3, 0.4) is 0 Å². The van der Waals surface area contributed by atoms with Crippen molar-refractivity contribution in [2.24, 2.45) is 11.7 Å². The van der Waals surface area contributed by atoms with Gasteiger partial charge in [-0.3, -0.25) is 4.79 Å². The summed E-state index contributed by atoms with van der Waals surface area (Å²) in [6.07, 6.45) is 4.71. The molecule has 1 aliphatic rings. The Balaban J connectivity index is 2.33. The first-order valence-electron chi connectivity index (χ1n) is 6.14. The van der Waals surface area contributed by atoms with Gasteiger partial charge in [-0.2, -0.15) is 0 Å². The molecule has 94 valence electrons. The van der Waals surface area contributed by atoms with Crippen LogP contribution in [-0.4, -0.2) is 31.7 Å². The average molecular weight is 228 g/mol. The number of carbonyl (C=O) groups excluding carboxylic acids is 1. The smallest absolute Gasteiger partial charge is 0.240 e. The minimum atomic E-state index is -0.634. The van der Waals surface area contributed by atoms with Crippen LogP contribution in [0, 0.1) is 5.92 Å². The normalized spacial score (nSPS) is 30.1. The number of nitrogens with one attached hydrogen (secondary N) is 1. The molecule has 1 fully saturated rings. The number of nitrogens with two attached hydrogens (primary N) is 1. The van der Waals surface area contributed by atoms with E-state index in [-0.39, 0.29) is 5.91 Å². The third kappa shape index (κ3) is 3.76. The van der Waals surface area contributed by atoms with E-state index in [9.17, 15) is 4.79 Å². The molecule has 4 nitrogen and oxygen atoms in total. The maximum Gasteiger partial charge on any atom is 0.240 e. The van der Waals surface area contributed by atoms with E-state index in [1.54, 1.807) is 7.11 Å². The van der Waals surface area contributed by atoms with Gasteiger partial charge in [-0.25, -0.2) is 0 Å². The van der Waals surface area contributed by atoms with E-state index < -0.39 is 5.54 Å². The zero-order valence-electron chi connectivity index (χ0n) is 10.4. The summed E-state index contributed by atoms with van der Waals surface area (Å²) in [7, 11) is 1.66. The Morgan fingerprint density at radius 1 is 1.62 bits per heavy atom. The monoisotopic (exact) mass is 228 g/mol. The molecule has 1 saturated carbocycles. The first-order valence-corrected chi connectivity index (χ1v) is 6.14. The Kier molecular flexibility index (Phi) is 5.22. The zero-order valence-corrected chi connectivity index (χ0v) is 10.4. The van der Waals surface area contributed by atoms with Crippen molar-refractivity contribution in [3.8, 4) is 0 Å². The second-order valence-corrected chi connectivity index (χ2v) is 4.96. The Morgan fingerprint density at radius 3 is 3.00 bits per heavy atom. The van der Waals surface area contributed by atoms with Crippen molar-refractivity contribution in [2.45, 2.75) is 44.6 Å². The largest absolute Gasteiger partial charge is 0.385 e. The number of amides is 1. The highest BCUT2D eigenvalue weighted by atomic mass is 16.5. The van der Waals surface area contributed by atoms with Crippen LogP contribution >= 0.6 is 0 Å². The molecule has 0 aromatic rings. The second kappa shape index (κ2) is 6.21. The molecule has 0 radical (unpaired) electrons.